The van der Waals surface area contributed by atoms with Crippen molar-refractivity contribution in [2.24, 2.45) is 0 Å². The Kier molecular flexibility index (Phi) is 3.74. The van der Waals surface area contributed by atoms with E-state index in [1.807, 2.05) is 30.5 Å². The third-order valence-electron chi connectivity index (χ3n) is 3.19. The smallest absolute Gasteiger partial charge is 0.0701 e. The molecule has 1 N–H and O–H groups in total. The van der Waals surface area contributed by atoms with Gasteiger partial charge in [0.1, 0.15) is 0 Å². The maximum absolute atomic E-state index is 4.35. The Morgan fingerprint density at radius 2 is 1.50 bits per heavy atom. The van der Waals surface area contributed by atoms with Crippen LogP contribution < -0.4 is 5.32 Å². The summed E-state index contributed by atoms with van der Waals surface area (Å²) in [6, 6.07) is 24.7. The van der Waals surface area contributed by atoms with E-state index >= 15 is 0 Å². The van der Waals surface area contributed by atoms with E-state index < -0.39 is 0 Å². The largest absolute Gasteiger partial charge is 0.381 e. The molecule has 3 aromatic rings. The van der Waals surface area contributed by atoms with Gasteiger partial charge in [0, 0.05) is 24.0 Å². The Labute approximate surface area is 119 Å². The molecule has 2 aromatic carbocycles. The molecule has 0 unspecified atom stereocenters. The monoisotopic (exact) mass is 260 g/mol. The van der Waals surface area contributed by atoms with Gasteiger partial charge < -0.3 is 5.32 Å². The van der Waals surface area contributed by atoms with Crippen LogP contribution in [0.3, 0.4) is 0 Å². The number of hydrogen-bond donors (Lipinski definition) is 1. The van der Waals surface area contributed by atoms with Crippen LogP contribution in [0.5, 0.6) is 0 Å². The SMILES string of the molecule is c1ccc(CNc2ccc(-c3ccccn3)cc2)cc1. The van der Waals surface area contributed by atoms with Crippen LogP contribution in [-0.4, -0.2) is 4.98 Å². The summed E-state index contributed by atoms with van der Waals surface area (Å²) in [6.07, 6.45) is 1.82. The highest BCUT2D eigenvalue weighted by Crippen LogP contribution is 2.19. The van der Waals surface area contributed by atoms with Gasteiger partial charge in [0.2, 0.25) is 0 Å². The summed E-state index contributed by atoms with van der Waals surface area (Å²) in [5.74, 6) is 0. The second kappa shape index (κ2) is 6.02. The number of nitrogens with zero attached hydrogens (tertiary/aromatic N) is 1. The molecule has 0 saturated heterocycles. The molecule has 0 fully saturated rings. The highest BCUT2D eigenvalue weighted by atomic mass is 14.9. The van der Waals surface area contributed by atoms with Crippen LogP contribution in [0, 0.1) is 0 Å². The Hall–Kier alpha value is -2.61. The van der Waals surface area contributed by atoms with Gasteiger partial charge in [-0.25, -0.2) is 0 Å². The van der Waals surface area contributed by atoms with Gasteiger partial charge in [0.15, 0.2) is 0 Å². The molecule has 0 atom stereocenters. The van der Waals surface area contributed by atoms with Crippen LogP contribution in [0.4, 0.5) is 5.69 Å². The zero-order valence-corrected chi connectivity index (χ0v) is 11.2. The van der Waals surface area contributed by atoms with E-state index in [0.29, 0.717) is 0 Å². The molecule has 20 heavy (non-hydrogen) atoms. The molecule has 1 aromatic heterocycles. The molecule has 3 rings (SSSR count). The minimum atomic E-state index is 0.837. The average molecular weight is 260 g/mol. The Morgan fingerprint density at radius 3 is 2.20 bits per heavy atom. The van der Waals surface area contributed by atoms with Crippen molar-refractivity contribution in [1.82, 2.24) is 4.98 Å². The number of hydrogen-bond acceptors (Lipinski definition) is 2. The fourth-order valence-corrected chi connectivity index (χ4v) is 2.09. The van der Waals surface area contributed by atoms with E-state index in [2.05, 4.69) is 58.8 Å². The normalized spacial score (nSPS) is 10.2. The summed E-state index contributed by atoms with van der Waals surface area (Å²) in [7, 11) is 0. The van der Waals surface area contributed by atoms with Crippen molar-refractivity contribution >= 4 is 5.69 Å². The summed E-state index contributed by atoms with van der Waals surface area (Å²) in [5.41, 5.74) is 4.54. The van der Waals surface area contributed by atoms with Gasteiger partial charge >= 0.3 is 0 Å². The van der Waals surface area contributed by atoms with Crippen LogP contribution in [-0.2, 0) is 6.54 Å². The van der Waals surface area contributed by atoms with Crippen molar-refractivity contribution < 1.29 is 0 Å². The molecule has 0 radical (unpaired) electrons. The van der Waals surface area contributed by atoms with Gasteiger partial charge in [0.25, 0.3) is 0 Å². The maximum Gasteiger partial charge on any atom is 0.0701 e. The lowest BCUT2D eigenvalue weighted by Crippen LogP contribution is -1.98. The van der Waals surface area contributed by atoms with Crippen molar-refractivity contribution in [2.75, 3.05) is 5.32 Å². The number of aromatic nitrogens is 1. The fraction of sp³-hybridized carbons (Fsp3) is 0.0556. The second-order valence-electron chi connectivity index (χ2n) is 4.63. The first-order chi connectivity index (χ1) is 9.92. The van der Waals surface area contributed by atoms with Crippen molar-refractivity contribution in [3.05, 3.63) is 84.6 Å². The van der Waals surface area contributed by atoms with Crippen LogP contribution in [0.1, 0.15) is 5.56 Å². The standard InChI is InChI=1S/C18H16N2/c1-2-6-15(7-3-1)14-20-17-11-9-16(10-12-17)18-8-4-5-13-19-18/h1-13,20H,14H2. The molecule has 0 bridgehead atoms. The zero-order valence-electron chi connectivity index (χ0n) is 11.2. The molecule has 0 spiro atoms. The third kappa shape index (κ3) is 3.04. The average Bonchev–Trinajstić information content (AvgIpc) is 2.55. The first-order valence-electron chi connectivity index (χ1n) is 6.71. The topological polar surface area (TPSA) is 24.9 Å². The summed E-state index contributed by atoms with van der Waals surface area (Å²) in [5, 5.41) is 3.42. The molecular weight excluding hydrogens is 244 g/mol. The van der Waals surface area contributed by atoms with Gasteiger partial charge in [-0.1, -0.05) is 48.5 Å². The minimum absolute atomic E-state index is 0.837. The lowest BCUT2D eigenvalue weighted by molar-refractivity contribution is 1.15. The summed E-state index contributed by atoms with van der Waals surface area (Å²) >= 11 is 0. The molecule has 0 saturated carbocycles. The summed E-state index contributed by atoms with van der Waals surface area (Å²) in [4.78, 5) is 4.35. The van der Waals surface area contributed by atoms with Gasteiger partial charge in [-0.3, -0.25) is 4.98 Å². The third-order valence-corrected chi connectivity index (χ3v) is 3.19. The number of pyridine rings is 1. The molecular formula is C18H16N2. The maximum atomic E-state index is 4.35. The number of anilines is 1. The van der Waals surface area contributed by atoms with E-state index in [9.17, 15) is 0 Å². The van der Waals surface area contributed by atoms with E-state index in [1.165, 1.54) is 5.56 Å². The highest BCUT2D eigenvalue weighted by molar-refractivity contribution is 5.62. The molecule has 98 valence electrons. The van der Waals surface area contributed by atoms with E-state index in [0.717, 1.165) is 23.5 Å². The number of nitrogens with one attached hydrogen (secondary N) is 1. The second-order valence-corrected chi connectivity index (χ2v) is 4.63. The lowest BCUT2D eigenvalue weighted by Gasteiger charge is -2.07. The van der Waals surface area contributed by atoms with Crippen LogP contribution in [0.2, 0.25) is 0 Å². The molecule has 2 heteroatoms. The first-order valence-corrected chi connectivity index (χ1v) is 6.71. The van der Waals surface area contributed by atoms with Gasteiger partial charge in [-0.15, -0.1) is 0 Å². The molecule has 0 aliphatic heterocycles. The van der Waals surface area contributed by atoms with Crippen LogP contribution in [0.15, 0.2) is 79.0 Å². The van der Waals surface area contributed by atoms with Gasteiger partial charge in [-0.2, -0.15) is 0 Å². The lowest BCUT2D eigenvalue weighted by atomic mass is 10.1. The Balaban J connectivity index is 1.68. The highest BCUT2D eigenvalue weighted by Gasteiger charge is 1.98. The first kappa shape index (κ1) is 12.4. The number of benzene rings is 2. The quantitative estimate of drug-likeness (QED) is 0.754. The predicted molar refractivity (Wildman–Crippen MR) is 83.4 cm³/mol. The van der Waals surface area contributed by atoms with Crippen molar-refractivity contribution in [2.45, 2.75) is 6.54 Å². The molecule has 1 heterocycles. The minimum Gasteiger partial charge on any atom is -0.381 e. The Bertz CT molecular complexity index is 646. The molecule has 2 nitrogen and oxygen atoms in total. The van der Waals surface area contributed by atoms with E-state index in [1.54, 1.807) is 0 Å². The number of rotatable bonds is 4. The van der Waals surface area contributed by atoms with Gasteiger partial charge in [-0.05, 0) is 29.8 Å². The zero-order chi connectivity index (χ0) is 13.6. The summed E-state index contributed by atoms with van der Waals surface area (Å²) in [6.45, 7) is 0.837. The Morgan fingerprint density at radius 1 is 0.750 bits per heavy atom. The fourth-order valence-electron chi connectivity index (χ4n) is 2.09. The van der Waals surface area contributed by atoms with Crippen molar-refractivity contribution in [3.63, 3.8) is 0 Å². The summed E-state index contributed by atoms with van der Waals surface area (Å²) < 4.78 is 0. The van der Waals surface area contributed by atoms with E-state index in [-0.39, 0.29) is 0 Å². The predicted octanol–water partition coefficient (Wildman–Crippen LogP) is 4.36. The molecule has 0 amide bonds. The van der Waals surface area contributed by atoms with Crippen molar-refractivity contribution in [3.8, 4) is 11.3 Å². The molecule has 0 aliphatic carbocycles. The van der Waals surface area contributed by atoms with Gasteiger partial charge in [0.05, 0.1) is 5.69 Å². The molecule has 0 aliphatic rings. The van der Waals surface area contributed by atoms with Crippen LogP contribution >= 0.6 is 0 Å². The van der Waals surface area contributed by atoms with E-state index in [4.69, 9.17) is 0 Å². The van der Waals surface area contributed by atoms with Crippen LogP contribution in [0.25, 0.3) is 11.3 Å². The van der Waals surface area contributed by atoms with Crippen molar-refractivity contribution in [1.29, 1.82) is 0 Å².